The third kappa shape index (κ3) is 1.86. The number of imide groups is 1. The molecule has 5 nitrogen and oxygen atoms in total. The molecule has 1 atom stereocenters. The van der Waals surface area contributed by atoms with Crippen molar-refractivity contribution < 1.29 is 14.3 Å². The van der Waals surface area contributed by atoms with Crippen LogP contribution in [0.2, 0.25) is 0 Å². The Morgan fingerprint density at radius 1 is 1.33 bits per heavy atom. The van der Waals surface area contributed by atoms with Gasteiger partial charge in [0, 0.05) is 25.4 Å². The fourth-order valence-electron chi connectivity index (χ4n) is 2.15. The topological polar surface area (TPSA) is 72.6 Å². The van der Waals surface area contributed by atoms with Gasteiger partial charge in [-0.05, 0) is 25.5 Å². The monoisotopic (exact) mass is 248 g/mol. The minimum absolute atomic E-state index is 0.197. The molecule has 0 fully saturated rings. The Morgan fingerprint density at radius 2 is 2.06 bits per heavy atom. The minimum atomic E-state index is -0.309. The molecule has 5 heteroatoms. The maximum absolute atomic E-state index is 12.2. The minimum Gasteiger partial charge on any atom is -0.398 e. The third-order valence-corrected chi connectivity index (χ3v) is 3.16. The van der Waals surface area contributed by atoms with E-state index in [4.69, 9.17) is 10.5 Å². The van der Waals surface area contributed by atoms with Crippen molar-refractivity contribution in [1.29, 1.82) is 0 Å². The van der Waals surface area contributed by atoms with Gasteiger partial charge in [-0.1, -0.05) is 6.07 Å². The first kappa shape index (κ1) is 12.6. The molecule has 0 bridgehead atoms. The smallest absolute Gasteiger partial charge is 0.263 e. The zero-order valence-electron chi connectivity index (χ0n) is 10.5. The second-order valence-corrected chi connectivity index (χ2v) is 4.38. The van der Waals surface area contributed by atoms with E-state index in [0.717, 1.165) is 0 Å². The van der Waals surface area contributed by atoms with Crippen molar-refractivity contribution in [3.8, 4) is 0 Å². The average molecular weight is 248 g/mol. The SMILES string of the molecule is COCCC(C)N1C(=O)c2cccc(N)c2C1=O. The summed E-state index contributed by atoms with van der Waals surface area (Å²) in [5.74, 6) is -0.581. The Bertz CT molecular complexity index is 499. The molecule has 2 N–H and O–H groups in total. The Balaban J connectivity index is 2.31. The van der Waals surface area contributed by atoms with E-state index < -0.39 is 0 Å². The molecule has 1 aromatic rings. The summed E-state index contributed by atoms with van der Waals surface area (Å²) in [7, 11) is 1.59. The lowest BCUT2D eigenvalue weighted by molar-refractivity contribution is 0.0565. The van der Waals surface area contributed by atoms with E-state index in [9.17, 15) is 9.59 Å². The second kappa shape index (κ2) is 4.78. The Hall–Kier alpha value is -1.88. The van der Waals surface area contributed by atoms with Crippen molar-refractivity contribution in [2.75, 3.05) is 19.5 Å². The zero-order chi connectivity index (χ0) is 13.3. The van der Waals surface area contributed by atoms with Crippen molar-refractivity contribution in [3.05, 3.63) is 29.3 Å². The Labute approximate surface area is 106 Å². The van der Waals surface area contributed by atoms with Gasteiger partial charge in [-0.15, -0.1) is 0 Å². The first-order chi connectivity index (χ1) is 8.57. The van der Waals surface area contributed by atoms with Gasteiger partial charge >= 0.3 is 0 Å². The molecule has 1 aromatic carbocycles. The predicted molar refractivity (Wildman–Crippen MR) is 67.3 cm³/mol. The summed E-state index contributed by atoms with van der Waals surface area (Å²) < 4.78 is 4.97. The number of rotatable bonds is 4. The van der Waals surface area contributed by atoms with Gasteiger partial charge in [-0.2, -0.15) is 0 Å². The van der Waals surface area contributed by atoms with Gasteiger partial charge in [-0.25, -0.2) is 0 Å². The second-order valence-electron chi connectivity index (χ2n) is 4.38. The number of carbonyl (C=O) groups is 2. The van der Waals surface area contributed by atoms with Crippen LogP contribution in [0.4, 0.5) is 5.69 Å². The number of fused-ring (bicyclic) bond motifs is 1. The highest BCUT2D eigenvalue weighted by Crippen LogP contribution is 2.29. The number of hydrogen-bond acceptors (Lipinski definition) is 4. The molecule has 0 aliphatic carbocycles. The predicted octanol–water partition coefficient (Wildman–Crippen LogP) is 1.29. The number of nitrogens with two attached hydrogens (primary N) is 1. The molecule has 1 aliphatic heterocycles. The highest BCUT2D eigenvalue weighted by atomic mass is 16.5. The van der Waals surface area contributed by atoms with Crippen LogP contribution in [0.1, 0.15) is 34.1 Å². The number of ether oxygens (including phenoxy) is 1. The molecular formula is C13H16N2O3. The molecule has 96 valence electrons. The lowest BCUT2D eigenvalue weighted by Crippen LogP contribution is -2.38. The van der Waals surface area contributed by atoms with Gasteiger partial charge in [0.1, 0.15) is 0 Å². The van der Waals surface area contributed by atoms with E-state index in [1.807, 2.05) is 6.92 Å². The molecule has 18 heavy (non-hydrogen) atoms. The largest absolute Gasteiger partial charge is 0.398 e. The van der Waals surface area contributed by atoms with Crippen molar-refractivity contribution in [2.45, 2.75) is 19.4 Å². The van der Waals surface area contributed by atoms with E-state index in [1.54, 1.807) is 25.3 Å². The molecule has 0 saturated heterocycles. The van der Waals surface area contributed by atoms with E-state index in [1.165, 1.54) is 4.90 Å². The summed E-state index contributed by atoms with van der Waals surface area (Å²) >= 11 is 0. The van der Waals surface area contributed by atoms with E-state index in [0.29, 0.717) is 29.8 Å². The summed E-state index contributed by atoms with van der Waals surface area (Å²) in [5.41, 5.74) is 6.84. The standard InChI is InChI=1S/C13H16N2O3/c1-8(6-7-18-2)15-12(16)9-4-3-5-10(14)11(9)13(15)17/h3-5,8H,6-7,14H2,1-2H3. The molecule has 0 aromatic heterocycles. The van der Waals surface area contributed by atoms with Crippen LogP contribution in [0.3, 0.4) is 0 Å². The summed E-state index contributed by atoms with van der Waals surface area (Å²) in [6, 6.07) is 4.75. The highest BCUT2D eigenvalue weighted by molar-refractivity contribution is 6.23. The van der Waals surface area contributed by atoms with Crippen molar-refractivity contribution in [2.24, 2.45) is 0 Å². The number of nitrogens with zero attached hydrogens (tertiary/aromatic N) is 1. The molecule has 2 amide bonds. The quantitative estimate of drug-likeness (QED) is 0.643. The summed E-state index contributed by atoms with van der Waals surface area (Å²) in [6.45, 7) is 2.33. The van der Waals surface area contributed by atoms with Crippen LogP contribution in [0.5, 0.6) is 0 Å². The summed E-state index contributed by atoms with van der Waals surface area (Å²) in [5, 5.41) is 0. The number of benzene rings is 1. The Kier molecular flexibility index (Phi) is 3.34. The van der Waals surface area contributed by atoms with Gasteiger partial charge in [0.25, 0.3) is 11.8 Å². The van der Waals surface area contributed by atoms with Crippen LogP contribution in [0.25, 0.3) is 0 Å². The molecule has 2 rings (SSSR count). The van der Waals surface area contributed by atoms with Crippen LogP contribution in [-0.2, 0) is 4.74 Å². The molecule has 0 spiro atoms. The van der Waals surface area contributed by atoms with E-state index in [2.05, 4.69) is 0 Å². The number of nitrogen functional groups attached to an aromatic ring is 1. The van der Waals surface area contributed by atoms with Crippen molar-refractivity contribution in [1.82, 2.24) is 4.90 Å². The van der Waals surface area contributed by atoms with Crippen LogP contribution in [-0.4, -0.2) is 36.5 Å². The fourth-order valence-corrected chi connectivity index (χ4v) is 2.15. The third-order valence-electron chi connectivity index (χ3n) is 3.16. The molecule has 1 unspecified atom stereocenters. The summed E-state index contributed by atoms with van der Waals surface area (Å²) in [4.78, 5) is 25.7. The molecule has 1 heterocycles. The van der Waals surface area contributed by atoms with E-state index >= 15 is 0 Å². The summed E-state index contributed by atoms with van der Waals surface area (Å²) in [6.07, 6.45) is 0.613. The average Bonchev–Trinajstić information content (AvgIpc) is 2.60. The number of carbonyl (C=O) groups excluding carboxylic acids is 2. The number of hydrogen-bond donors (Lipinski definition) is 1. The maximum atomic E-state index is 12.2. The fraction of sp³-hybridized carbons (Fsp3) is 0.385. The first-order valence-electron chi connectivity index (χ1n) is 5.83. The Morgan fingerprint density at radius 3 is 2.67 bits per heavy atom. The molecule has 0 saturated carbocycles. The van der Waals surface area contributed by atoms with Crippen LogP contribution >= 0.6 is 0 Å². The van der Waals surface area contributed by atoms with Gasteiger partial charge < -0.3 is 10.5 Å². The van der Waals surface area contributed by atoms with Crippen molar-refractivity contribution >= 4 is 17.5 Å². The number of amides is 2. The molecule has 1 aliphatic rings. The molecule has 0 radical (unpaired) electrons. The first-order valence-corrected chi connectivity index (χ1v) is 5.83. The number of anilines is 1. The molecular weight excluding hydrogens is 232 g/mol. The number of methoxy groups -OCH3 is 1. The van der Waals surface area contributed by atoms with Gasteiger partial charge in [-0.3, -0.25) is 14.5 Å². The van der Waals surface area contributed by atoms with Gasteiger partial charge in [0.2, 0.25) is 0 Å². The highest BCUT2D eigenvalue weighted by Gasteiger charge is 2.39. The normalized spacial score (nSPS) is 16.0. The zero-order valence-corrected chi connectivity index (χ0v) is 10.5. The maximum Gasteiger partial charge on any atom is 0.263 e. The van der Waals surface area contributed by atoms with Gasteiger partial charge in [0.15, 0.2) is 0 Å². The van der Waals surface area contributed by atoms with Crippen LogP contribution < -0.4 is 5.73 Å². The van der Waals surface area contributed by atoms with Crippen LogP contribution in [0, 0.1) is 0 Å². The van der Waals surface area contributed by atoms with Crippen LogP contribution in [0.15, 0.2) is 18.2 Å². The van der Waals surface area contributed by atoms with Gasteiger partial charge in [0.05, 0.1) is 11.1 Å². The lowest BCUT2D eigenvalue weighted by Gasteiger charge is -2.22. The van der Waals surface area contributed by atoms with Crippen molar-refractivity contribution in [3.63, 3.8) is 0 Å². The lowest BCUT2D eigenvalue weighted by atomic mass is 10.1. The van der Waals surface area contributed by atoms with E-state index in [-0.39, 0.29) is 17.9 Å².